The fourth-order valence-corrected chi connectivity index (χ4v) is 1.64. The van der Waals surface area contributed by atoms with E-state index in [1.807, 2.05) is 6.07 Å². The molecule has 0 amide bonds. The summed E-state index contributed by atoms with van der Waals surface area (Å²) in [7, 11) is -1.70. The van der Waals surface area contributed by atoms with Crippen LogP contribution < -0.4 is 0 Å². The fraction of sp³-hybridized carbons (Fsp3) is 0.545. The van der Waals surface area contributed by atoms with Gasteiger partial charge in [0.1, 0.15) is 18.3 Å². The van der Waals surface area contributed by atoms with Crippen molar-refractivity contribution in [3.8, 4) is 30.8 Å². The molecule has 0 N–H and O–H groups in total. The van der Waals surface area contributed by atoms with Crippen LogP contribution in [0.4, 0.5) is 0 Å². The quantitative estimate of drug-likeness (QED) is 0.526. The number of nitriles is 1. The molecule has 0 aliphatic rings. The molecule has 0 saturated heterocycles. The minimum Gasteiger partial charge on any atom is -0.296 e. The molecule has 3 unspecified atom stereocenters. The summed E-state index contributed by atoms with van der Waals surface area (Å²) in [5.41, 5.74) is 0. The van der Waals surface area contributed by atoms with Crippen LogP contribution in [-0.2, 0) is 13.6 Å². The summed E-state index contributed by atoms with van der Waals surface area (Å²) in [6, 6.07) is 1.91. The van der Waals surface area contributed by atoms with Gasteiger partial charge in [0, 0.05) is 0 Å². The van der Waals surface area contributed by atoms with Crippen LogP contribution in [0.3, 0.4) is 0 Å². The Morgan fingerprint density at radius 3 is 1.62 bits per heavy atom. The maximum absolute atomic E-state index is 8.61. The molecule has 0 aromatic heterocycles. The molecule has 0 spiro atoms. The van der Waals surface area contributed by atoms with Gasteiger partial charge in [0.25, 0.3) is 0 Å². The van der Waals surface area contributed by atoms with Crippen LogP contribution in [-0.4, -0.2) is 18.3 Å². The summed E-state index contributed by atoms with van der Waals surface area (Å²) in [4.78, 5) is 0. The van der Waals surface area contributed by atoms with E-state index in [9.17, 15) is 0 Å². The van der Waals surface area contributed by atoms with Gasteiger partial charge in [0.2, 0.25) is 0 Å². The lowest BCUT2D eigenvalue weighted by atomic mass is 10.4. The highest BCUT2D eigenvalue weighted by molar-refractivity contribution is 7.41. The Morgan fingerprint density at radius 2 is 1.31 bits per heavy atom. The number of hydrogen-bond donors (Lipinski definition) is 0. The van der Waals surface area contributed by atoms with Crippen molar-refractivity contribution < 1.29 is 13.6 Å². The van der Waals surface area contributed by atoms with Gasteiger partial charge in [-0.1, -0.05) is 11.8 Å². The van der Waals surface area contributed by atoms with Crippen LogP contribution in [0.2, 0.25) is 0 Å². The number of terminal acetylenes is 2. The SMILES string of the molecule is C#CC(C)OP(OC(C)C#C)OC(C)C#N. The molecule has 3 atom stereocenters. The van der Waals surface area contributed by atoms with E-state index in [0.717, 1.165) is 0 Å². The Labute approximate surface area is 97.9 Å². The molecule has 4 nitrogen and oxygen atoms in total. The van der Waals surface area contributed by atoms with E-state index in [1.165, 1.54) is 0 Å². The summed E-state index contributed by atoms with van der Waals surface area (Å²) in [5, 5.41) is 8.61. The topological polar surface area (TPSA) is 51.5 Å². The van der Waals surface area contributed by atoms with Gasteiger partial charge >= 0.3 is 8.60 Å². The Morgan fingerprint density at radius 1 is 0.938 bits per heavy atom. The van der Waals surface area contributed by atoms with Gasteiger partial charge in [-0.05, 0) is 20.8 Å². The minimum absolute atomic E-state index is 0.457. The molecule has 5 heteroatoms. The summed E-state index contributed by atoms with van der Waals surface area (Å²) < 4.78 is 15.8. The molecule has 0 aromatic carbocycles. The zero-order valence-electron chi connectivity index (χ0n) is 9.51. The van der Waals surface area contributed by atoms with Gasteiger partial charge < -0.3 is 0 Å². The van der Waals surface area contributed by atoms with E-state index in [-0.39, 0.29) is 0 Å². The van der Waals surface area contributed by atoms with Crippen LogP contribution in [0, 0.1) is 36.0 Å². The number of rotatable bonds is 6. The zero-order valence-corrected chi connectivity index (χ0v) is 10.4. The minimum atomic E-state index is -1.70. The summed E-state index contributed by atoms with van der Waals surface area (Å²) in [6.07, 6.45) is 8.78. The van der Waals surface area contributed by atoms with Crippen molar-refractivity contribution in [3.05, 3.63) is 0 Å². The largest absolute Gasteiger partial charge is 0.336 e. The van der Waals surface area contributed by atoms with Crippen molar-refractivity contribution >= 4 is 8.60 Å². The van der Waals surface area contributed by atoms with Crippen LogP contribution in [0.15, 0.2) is 0 Å². The lowest BCUT2D eigenvalue weighted by Crippen LogP contribution is -2.12. The molecule has 0 aliphatic carbocycles. The molecule has 0 fully saturated rings. The predicted molar refractivity (Wildman–Crippen MR) is 61.8 cm³/mol. The monoisotopic (exact) mass is 239 g/mol. The van der Waals surface area contributed by atoms with Crippen molar-refractivity contribution in [2.24, 2.45) is 0 Å². The van der Waals surface area contributed by atoms with Crippen molar-refractivity contribution in [2.75, 3.05) is 0 Å². The number of hydrogen-bond acceptors (Lipinski definition) is 4. The second-order valence-corrected chi connectivity index (χ2v) is 4.01. The first-order chi connectivity index (χ1) is 7.53. The average Bonchev–Trinajstić information content (AvgIpc) is 2.28. The van der Waals surface area contributed by atoms with Gasteiger partial charge in [-0.2, -0.15) is 5.26 Å². The van der Waals surface area contributed by atoms with Gasteiger partial charge in [0.15, 0.2) is 0 Å². The Hall–Kier alpha value is -1.08. The van der Waals surface area contributed by atoms with Gasteiger partial charge in [-0.25, -0.2) is 0 Å². The van der Waals surface area contributed by atoms with E-state index in [4.69, 9.17) is 31.7 Å². The first-order valence-electron chi connectivity index (χ1n) is 4.65. The first-order valence-corrected chi connectivity index (χ1v) is 5.75. The maximum Gasteiger partial charge on any atom is 0.336 e. The lowest BCUT2D eigenvalue weighted by molar-refractivity contribution is 0.123. The molecule has 0 radical (unpaired) electrons. The Balaban J connectivity index is 4.35. The fourth-order valence-electron chi connectivity index (χ4n) is 0.546. The summed E-state index contributed by atoms with van der Waals surface area (Å²) in [5.74, 6) is 4.75. The van der Waals surface area contributed by atoms with Gasteiger partial charge in [0.05, 0.1) is 6.07 Å². The van der Waals surface area contributed by atoms with Crippen molar-refractivity contribution in [3.63, 3.8) is 0 Å². The predicted octanol–water partition coefficient (Wildman–Crippen LogP) is 2.22. The maximum atomic E-state index is 8.61. The molecule has 0 rings (SSSR count). The van der Waals surface area contributed by atoms with Crippen molar-refractivity contribution in [2.45, 2.75) is 39.1 Å². The third kappa shape index (κ3) is 6.41. The molecule has 0 aliphatic heterocycles. The Bertz CT molecular complexity index is 273. The van der Waals surface area contributed by atoms with Crippen LogP contribution in [0.1, 0.15) is 20.8 Å². The highest BCUT2D eigenvalue weighted by Crippen LogP contribution is 2.43. The molecule has 0 saturated carbocycles. The summed E-state index contributed by atoms with van der Waals surface area (Å²) in [6.45, 7) is 4.95. The molecule has 0 bridgehead atoms. The zero-order chi connectivity index (χ0) is 12.6. The lowest BCUT2D eigenvalue weighted by Gasteiger charge is -2.20. The van der Waals surface area contributed by atoms with Crippen molar-refractivity contribution in [1.82, 2.24) is 0 Å². The van der Waals surface area contributed by atoms with E-state index in [1.54, 1.807) is 20.8 Å². The number of nitrogens with zero attached hydrogens (tertiary/aromatic N) is 1. The molecule has 16 heavy (non-hydrogen) atoms. The van der Waals surface area contributed by atoms with E-state index >= 15 is 0 Å². The normalized spacial score (nSPS) is 17.2. The first kappa shape index (κ1) is 14.9. The molecular formula is C11H14NO3P. The van der Waals surface area contributed by atoms with Crippen LogP contribution in [0.5, 0.6) is 0 Å². The van der Waals surface area contributed by atoms with Crippen molar-refractivity contribution in [1.29, 1.82) is 5.26 Å². The molecule has 0 aromatic rings. The average molecular weight is 239 g/mol. The second-order valence-electron chi connectivity index (χ2n) is 2.93. The molecule has 86 valence electrons. The standard InChI is InChI=1S/C11H14NO3P/c1-6-9(3)13-16(14-10(4)7-2)15-11(5)8-12/h1-2,9-11H,3-5H3. The second kappa shape index (κ2) is 8.12. The van der Waals surface area contributed by atoms with E-state index in [0.29, 0.717) is 0 Å². The molecule has 0 heterocycles. The third-order valence-electron chi connectivity index (χ3n) is 1.38. The molecular weight excluding hydrogens is 225 g/mol. The van der Waals surface area contributed by atoms with Gasteiger partial charge in [-0.3, -0.25) is 13.6 Å². The van der Waals surface area contributed by atoms with E-state index in [2.05, 4.69) is 11.8 Å². The van der Waals surface area contributed by atoms with Gasteiger partial charge in [-0.15, -0.1) is 12.8 Å². The van der Waals surface area contributed by atoms with E-state index < -0.39 is 26.9 Å². The highest BCUT2D eigenvalue weighted by atomic mass is 31.2. The third-order valence-corrected chi connectivity index (χ3v) is 2.85. The highest BCUT2D eigenvalue weighted by Gasteiger charge is 2.21. The summed E-state index contributed by atoms with van der Waals surface area (Å²) >= 11 is 0. The smallest absolute Gasteiger partial charge is 0.296 e. The van der Waals surface area contributed by atoms with Crippen LogP contribution in [0.25, 0.3) is 0 Å². The van der Waals surface area contributed by atoms with Crippen LogP contribution >= 0.6 is 8.60 Å². The Kier molecular flexibility index (Phi) is 7.57.